The lowest BCUT2D eigenvalue weighted by atomic mass is 10.7. The molecule has 0 rings (SSSR count). The molecule has 0 fully saturated rings. The van der Waals surface area contributed by atoms with E-state index in [1.165, 1.54) is 0 Å². The number of hydrogen-bond acceptors (Lipinski definition) is 1. The zero-order valence-corrected chi connectivity index (χ0v) is 4.69. The van der Waals surface area contributed by atoms with Gasteiger partial charge in [-0.2, -0.15) is 34.4 Å². The molecule has 5 heteroatoms. The molecular weight excluding hydrogens is 131 g/mol. The summed E-state index contributed by atoms with van der Waals surface area (Å²) in [4.78, 5) is -0.750. The second-order valence-corrected chi connectivity index (χ2v) is 2.23. The van der Waals surface area contributed by atoms with Crippen molar-refractivity contribution in [1.29, 1.82) is 0 Å². The van der Waals surface area contributed by atoms with Crippen LogP contribution in [0.25, 0.3) is 0 Å². The van der Waals surface area contributed by atoms with Gasteiger partial charge in [0.2, 0.25) is 0 Å². The Hall–Kier alpha value is 0.895. The smallest absolute Gasteiger partial charge is 0.344 e. The normalized spacial score (nSPS) is 5.40. The topological polar surface area (TPSA) is 35.0 Å². The average Bonchev–Trinajstić information content (AvgIpc) is 0.811. The monoisotopic (exact) mass is 133 g/mol. The maximum Gasteiger partial charge on any atom is 0.450 e. The third-order valence-corrected chi connectivity index (χ3v) is 0. The van der Waals surface area contributed by atoms with Crippen LogP contribution in [0.15, 0.2) is 0 Å². The zero-order chi connectivity index (χ0) is 3.58. The summed E-state index contributed by atoms with van der Waals surface area (Å²) in [7, 11) is 0. The maximum atomic E-state index is 4.81. The largest absolute Gasteiger partial charge is 0.450 e. The van der Waals surface area contributed by atoms with E-state index in [1.807, 2.05) is 0 Å². The van der Waals surface area contributed by atoms with E-state index in [0.29, 0.717) is 0 Å². The molecule has 0 spiro atoms. The van der Waals surface area contributed by atoms with Crippen molar-refractivity contribution in [2.75, 3.05) is 0 Å². The Morgan fingerprint density at radius 1 is 1.00 bits per heavy atom. The maximum absolute atomic E-state index is 4.81. The van der Waals surface area contributed by atoms with Crippen molar-refractivity contribution in [3.05, 3.63) is 0 Å². The molecule has 0 aromatic rings. The van der Waals surface area contributed by atoms with Crippen LogP contribution >= 0.6 is 34.4 Å². The molecule has 0 aliphatic heterocycles. The van der Waals surface area contributed by atoms with E-state index in [-0.39, 0.29) is 6.15 Å². The fraction of sp³-hybridized carbons (Fsp3) is 0. The third kappa shape index (κ3) is 51.2. The lowest BCUT2D eigenvalue weighted by Gasteiger charge is -1.61. The first-order chi connectivity index (χ1) is 1.73. The summed E-state index contributed by atoms with van der Waals surface area (Å²) in [6.45, 7) is 0. The fourth-order valence-electron chi connectivity index (χ4n) is 0. The second-order valence-electron chi connectivity index (χ2n) is 0.247. The highest BCUT2D eigenvalue weighted by Gasteiger charge is 1.91. The Bertz CT molecular complexity index is 11.6. The number of halogens is 3. The molecule has 0 unspecified atom stereocenters. The first-order valence-corrected chi connectivity index (χ1v) is 1.96. The fourth-order valence-corrected chi connectivity index (χ4v) is 0. The van der Waals surface area contributed by atoms with Crippen molar-refractivity contribution in [2.24, 2.45) is 0 Å². The predicted octanol–water partition coefficient (Wildman–Crippen LogP) is 1.85. The molecule has 0 atom stereocenters. The van der Waals surface area contributed by atoms with E-state index in [1.54, 1.807) is 0 Å². The van der Waals surface area contributed by atoms with Crippen LogP contribution in [0, 0.1) is 0 Å². The lowest BCUT2D eigenvalue weighted by Crippen LogP contribution is -1.66. The van der Waals surface area contributed by atoms with Gasteiger partial charge >= 0.3 is 4.96 Å². The van der Waals surface area contributed by atoms with Gasteiger partial charge < -0.3 is 6.15 Å². The number of rotatable bonds is 0. The summed E-state index contributed by atoms with van der Waals surface area (Å²) in [6, 6.07) is 0. The SMILES string of the molecule is ClB(Cl)Cl.N. The first-order valence-electron chi connectivity index (χ1n) is 0.655. The summed E-state index contributed by atoms with van der Waals surface area (Å²) in [6.07, 6.45) is 0. The predicted molar refractivity (Wildman–Crippen MR) is 28.3 cm³/mol. The molecule has 0 amide bonds. The zero-order valence-electron chi connectivity index (χ0n) is 2.42. The van der Waals surface area contributed by atoms with Crippen LogP contribution in [0.2, 0.25) is 0 Å². The molecule has 0 saturated carbocycles. The van der Waals surface area contributed by atoms with Crippen molar-refractivity contribution in [1.82, 2.24) is 6.15 Å². The van der Waals surface area contributed by atoms with Gasteiger partial charge in [0.25, 0.3) is 0 Å². The Morgan fingerprint density at radius 3 is 1.00 bits per heavy atom. The molecule has 3 N–H and O–H groups in total. The highest BCUT2D eigenvalue weighted by Crippen LogP contribution is 1.97. The van der Waals surface area contributed by atoms with Gasteiger partial charge in [0.1, 0.15) is 0 Å². The molecule has 0 aliphatic rings. The van der Waals surface area contributed by atoms with Crippen LogP contribution in [-0.2, 0) is 0 Å². The number of hydrogen-bond donors (Lipinski definition) is 1. The van der Waals surface area contributed by atoms with Crippen molar-refractivity contribution >= 4 is 39.3 Å². The standard InChI is InChI=1S/BCl3.H3N/c2-1(3)4;/h;1H3. The van der Waals surface area contributed by atoms with Crippen molar-refractivity contribution in [2.45, 2.75) is 0 Å². The minimum Gasteiger partial charge on any atom is -0.344 e. The summed E-state index contributed by atoms with van der Waals surface area (Å²) in [5.74, 6) is 0. The summed E-state index contributed by atoms with van der Waals surface area (Å²) < 4.78 is 0. The summed E-state index contributed by atoms with van der Waals surface area (Å²) >= 11 is 14.4. The van der Waals surface area contributed by atoms with Gasteiger partial charge in [0.05, 0.1) is 0 Å². The highest BCUT2D eigenvalue weighted by molar-refractivity contribution is 7.54. The lowest BCUT2D eigenvalue weighted by molar-refractivity contribution is 2.13. The molecule has 1 nitrogen and oxygen atoms in total. The van der Waals surface area contributed by atoms with E-state index >= 15 is 0 Å². The van der Waals surface area contributed by atoms with E-state index < -0.39 is 4.96 Å². The summed E-state index contributed by atoms with van der Waals surface area (Å²) in [5, 5.41) is 0. The van der Waals surface area contributed by atoms with E-state index in [2.05, 4.69) is 0 Å². The molecule has 0 radical (unpaired) electrons. The summed E-state index contributed by atoms with van der Waals surface area (Å²) in [5.41, 5.74) is 0. The van der Waals surface area contributed by atoms with Crippen molar-refractivity contribution in [3.8, 4) is 0 Å². The Kier molecular flexibility index (Phi) is 9.11. The third-order valence-electron chi connectivity index (χ3n) is 0. The van der Waals surface area contributed by atoms with Crippen molar-refractivity contribution < 1.29 is 0 Å². The average molecular weight is 134 g/mol. The van der Waals surface area contributed by atoms with Crippen LogP contribution in [0.1, 0.15) is 0 Å². The molecule has 0 heterocycles. The quantitative estimate of drug-likeness (QED) is 0.504. The van der Waals surface area contributed by atoms with Gasteiger partial charge in [-0.3, -0.25) is 0 Å². The van der Waals surface area contributed by atoms with E-state index in [4.69, 9.17) is 34.4 Å². The molecule has 32 valence electrons. The molecule has 0 aromatic heterocycles. The Labute approximate surface area is 46.0 Å². The van der Waals surface area contributed by atoms with Crippen LogP contribution in [0.3, 0.4) is 0 Å². The molecule has 0 bridgehead atoms. The van der Waals surface area contributed by atoms with Crippen LogP contribution in [0.5, 0.6) is 0 Å². The van der Waals surface area contributed by atoms with Gasteiger partial charge in [-0.1, -0.05) is 0 Å². The van der Waals surface area contributed by atoms with E-state index in [9.17, 15) is 0 Å². The first kappa shape index (κ1) is 9.31. The van der Waals surface area contributed by atoms with Crippen LogP contribution in [0.4, 0.5) is 0 Å². The van der Waals surface area contributed by atoms with Gasteiger partial charge in [-0.15, -0.1) is 0 Å². The van der Waals surface area contributed by atoms with Gasteiger partial charge in [-0.05, 0) is 0 Å². The molecule has 0 saturated heterocycles. The molecule has 0 aliphatic carbocycles. The molecular formula is H3BCl3N. The minimum atomic E-state index is -0.750. The minimum absolute atomic E-state index is 0. The Balaban J connectivity index is 0. The van der Waals surface area contributed by atoms with Gasteiger partial charge in [-0.25, -0.2) is 0 Å². The highest BCUT2D eigenvalue weighted by atomic mass is 35.6. The van der Waals surface area contributed by atoms with Crippen molar-refractivity contribution in [3.63, 3.8) is 0 Å². The van der Waals surface area contributed by atoms with E-state index in [0.717, 1.165) is 0 Å². The van der Waals surface area contributed by atoms with Gasteiger partial charge in [0, 0.05) is 0 Å². The van der Waals surface area contributed by atoms with Crippen LogP contribution in [-0.4, -0.2) is 4.96 Å². The van der Waals surface area contributed by atoms with Crippen LogP contribution < -0.4 is 6.15 Å². The second kappa shape index (κ2) is 4.89. The molecule has 0 aromatic carbocycles. The molecule has 5 heavy (non-hydrogen) atoms. The Morgan fingerprint density at radius 2 is 1.00 bits per heavy atom. The van der Waals surface area contributed by atoms with Gasteiger partial charge in [0.15, 0.2) is 0 Å².